The van der Waals surface area contributed by atoms with Crippen molar-refractivity contribution in [3.05, 3.63) is 0 Å². The maximum absolute atomic E-state index is 11.4. The lowest BCUT2D eigenvalue weighted by molar-refractivity contribution is -0.137. The molecule has 110 valence electrons. The number of hydrogen-bond acceptors (Lipinski definition) is 3. The van der Waals surface area contributed by atoms with Gasteiger partial charge in [-0.3, -0.25) is 14.9 Å². The summed E-state index contributed by atoms with van der Waals surface area (Å²) in [4.78, 5) is 33.1. The second kappa shape index (κ2) is 10.3. The molecule has 1 atom stereocenters. The smallest absolute Gasteiger partial charge is 0.321 e. The Kier molecular flexibility index (Phi) is 9.48. The van der Waals surface area contributed by atoms with Crippen LogP contribution in [0.3, 0.4) is 0 Å². The highest BCUT2D eigenvalue weighted by Crippen LogP contribution is 2.00. The molecule has 0 bridgehead atoms. The van der Waals surface area contributed by atoms with Gasteiger partial charge in [-0.1, -0.05) is 19.8 Å². The zero-order valence-electron chi connectivity index (χ0n) is 11.7. The summed E-state index contributed by atoms with van der Waals surface area (Å²) in [6.45, 7) is 3.97. The Morgan fingerprint density at radius 3 is 2.32 bits per heavy atom. The lowest BCUT2D eigenvalue weighted by Crippen LogP contribution is -2.43. The van der Waals surface area contributed by atoms with E-state index in [9.17, 15) is 14.4 Å². The number of carboxylic acid groups (broad SMARTS) is 1. The summed E-state index contributed by atoms with van der Waals surface area (Å²) in [6, 6.07) is -0.438. The number of urea groups is 1. The van der Waals surface area contributed by atoms with Gasteiger partial charge in [-0.15, -0.1) is 0 Å². The van der Waals surface area contributed by atoms with Gasteiger partial charge in [0, 0.05) is 18.9 Å². The summed E-state index contributed by atoms with van der Waals surface area (Å²) in [5.41, 5.74) is 0. The third-order valence-corrected chi connectivity index (χ3v) is 2.67. The molecular formula is C13H24N2O4. The fourth-order valence-electron chi connectivity index (χ4n) is 1.59. The quantitative estimate of drug-likeness (QED) is 0.560. The molecule has 1 unspecified atom stereocenters. The summed E-state index contributed by atoms with van der Waals surface area (Å²) >= 11 is 0. The predicted molar refractivity (Wildman–Crippen MR) is 71.8 cm³/mol. The first-order valence-corrected chi connectivity index (χ1v) is 6.77. The van der Waals surface area contributed by atoms with Gasteiger partial charge >= 0.3 is 12.0 Å². The molecule has 0 radical (unpaired) electrons. The monoisotopic (exact) mass is 272 g/mol. The highest BCUT2D eigenvalue weighted by molar-refractivity contribution is 5.94. The molecule has 0 aromatic carbocycles. The minimum atomic E-state index is -0.872. The Morgan fingerprint density at radius 1 is 1.11 bits per heavy atom. The lowest BCUT2D eigenvalue weighted by atomic mass is 10.1. The maximum atomic E-state index is 11.4. The van der Waals surface area contributed by atoms with Gasteiger partial charge in [-0.25, -0.2) is 4.79 Å². The predicted octanol–water partition coefficient (Wildman–Crippen LogP) is 2.04. The van der Waals surface area contributed by atoms with Crippen LogP contribution in [0.25, 0.3) is 0 Å². The van der Waals surface area contributed by atoms with Crippen molar-refractivity contribution in [1.29, 1.82) is 0 Å². The van der Waals surface area contributed by atoms with Crippen molar-refractivity contribution < 1.29 is 19.5 Å². The average Bonchev–Trinajstić information content (AvgIpc) is 2.31. The van der Waals surface area contributed by atoms with E-state index >= 15 is 0 Å². The van der Waals surface area contributed by atoms with Crippen LogP contribution >= 0.6 is 0 Å². The van der Waals surface area contributed by atoms with Crippen LogP contribution in [0, 0.1) is 0 Å². The Bertz CT molecular complexity index is 305. The van der Waals surface area contributed by atoms with Crippen LogP contribution in [0.5, 0.6) is 0 Å². The topological polar surface area (TPSA) is 95.5 Å². The number of hydrogen-bond donors (Lipinski definition) is 3. The standard InChI is InChI=1S/C13H24N2O4/c1-3-4-7-10(2)14-13(19)15-11(16)8-5-6-9-12(17)18/h10H,3-9H2,1-2H3,(H,17,18)(H2,14,15,16,19). The number of imide groups is 1. The molecule has 0 aliphatic rings. The van der Waals surface area contributed by atoms with Gasteiger partial charge in [0.2, 0.25) is 5.91 Å². The third kappa shape index (κ3) is 11.2. The molecule has 0 saturated heterocycles. The van der Waals surface area contributed by atoms with E-state index in [0.29, 0.717) is 12.8 Å². The molecule has 0 saturated carbocycles. The molecule has 0 heterocycles. The lowest BCUT2D eigenvalue weighted by Gasteiger charge is -2.13. The van der Waals surface area contributed by atoms with Crippen molar-refractivity contribution >= 4 is 17.9 Å². The number of amides is 3. The van der Waals surface area contributed by atoms with E-state index in [0.717, 1.165) is 19.3 Å². The fraction of sp³-hybridized carbons (Fsp3) is 0.769. The Balaban J connectivity index is 3.68. The first-order chi connectivity index (χ1) is 8.95. The summed E-state index contributed by atoms with van der Waals surface area (Å²) in [5, 5.41) is 13.4. The highest BCUT2D eigenvalue weighted by Gasteiger charge is 2.10. The second-order valence-electron chi connectivity index (χ2n) is 4.67. The molecule has 19 heavy (non-hydrogen) atoms. The summed E-state index contributed by atoms with van der Waals surface area (Å²) in [6.07, 6.45) is 4.11. The van der Waals surface area contributed by atoms with Gasteiger partial charge in [-0.2, -0.15) is 0 Å². The van der Waals surface area contributed by atoms with Crippen molar-refractivity contribution in [2.24, 2.45) is 0 Å². The van der Waals surface area contributed by atoms with Gasteiger partial charge in [0.15, 0.2) is 0 Å². The van der Waals surface area contributed by atoms with E-state index in [1.165, 1.54) is 0 Å². The molecule has 0 fully saturated rings. The van der Waals surface area contributed by atoms with Crippen molar-refractivity contribution in [3.8, 4) is 0 Å². The maximum Gasteiger partial charge on any atom is 0.321 e. The van der Waals surface area contributed by atoms with Crippen LogP contribution in [0.1, 0.15) is 58.8 Å². The number of aliphatic carboxylic acids is 1. The third-order valence-electron chi connectivity index (χ3n) is 2.67. The number of carbonyl (C=O) groups excluding carboxylic acids is 2. The van der Waals surface area contributed by atoms with Gasteiger partial charge in [0.05, 0.1) is 0 Å². The Morgan fingerprint density at radius 2 is 1.74 bits per heavy atom. The largest absolute Gasteiger partial charge is 0.481 e. The SMILES string of the molecule is CCCCC(C)NC(=O)NC(=O)CCCCC(=O)O. The zero-order valence-corrected chi connectivity index (χ0v) is 11.7. The van der Waals surface area contributed by atoms with Crippen LogP contribution in [0.2, 0.25) is 0 Å². The van der Waals surface area contributed by atoms with Crippen LogP contribution < -0.4 is 10.6 Å². The molecule has 0 aromatic heterocycles. The highest BCUT2D eigenvalue weighted by atomic mass is 16.4. The van der Waals surface area contributed by atoms with Crippen molar-refractivity contribution in [2.45, 2.75) is 64.8 Å². The van der Waals surface area contributed by atoms with Gasteiger partial charge < -0.3 is 10.4 Å². The first-order valence-electron chi connectivity index (χ1n) is 6.77. The normalized spacial score (nSPS) is 11.7. The van der Waals surface area contributed by atoms with Crippen molar-refractivity contribution in [3.63, 3.8) is 0 Å². The van der Waals surface area contributed by atoms with Gasteiger partial charge in [-0.05, 0) is 26.2 Å². The molecule has 6 heteroatoms. The van der Waals surface area contributed by atoms with Gasteiger partial charge in [0.1, 0.15) is 0 Å². The minimum absolute atomic E-state index is 0.0414. The molecule has 6 nitrogen and oxygen atoms in total. The van der Waals surface area contributed by atoms with E-state index in [-0.39, 0.29) is 24.8 Å². The molecular weight excluding hydrogens is 248 g/mol. The fourth-order valence-corrected chi connectivity index (χ4v) is 1.59. The minimum Gasteiger partial charge on any atom is -0.481 e. The van der Waals surface area contributed by atoms with E-state index < -0.39 is 12.0 Å². The molecule has 0 rings (SSSR count). The van der Waals surface area contributed by atoms with E-state index in [1.54, 1.807) is 0 Å². The molecule has 0 aliphatic heterocycles. The number of carbonyl (C=O) groups is 3. The number of carboxylic acids is 1. The number of nitrogens with one attached hydrogen (secondary N) is 2. The summed E-state index contributed by atoms with van der Waals surface area (Å²) in [5.74, 6) is -1.24. The Labute approximate surface area is 113 Å². The second-order valence-corrected chi connectivity index (χ2v) is 4.67. The summed E-state index contributed by atoms with van der Waals surface area (Å²) in [7, 11) is 0. The summed E-state index contributed by atoms with van der Waals surface area (Å²) < 4.78 is 0. The number of rotatable bonds is 9. The molecule has 0 spiro atoms. The van der Waals surface area contributed by atoms with Crippen molar-refractivity contribution in [1.82, 2.24) is 10.6 Å². The van der Waals surface area contributed by atoms with E-state index in [2.05, 4.69) is 17.6 Å². The average molecular weight is 272 g/mol. The number of unbranched alkanes of at least 4 members (excludes halogenated alkanes) is 2. The first kappa shape index (κ1) is 17.4. The molecule has 0 aliphatic carbocycles. The molecule has 3 amide bonds. The van der Waals surface area contributed by atoms with Crippen LogP contribution in [-0.4, -0.2) is 29.1 Å². The molecule has 3 N–H and O–H groups in total. The van der Waals surface area contributed by atoms with Gasteiger partial charge in [0.25, 0.3) is 0 Å². The van der Waals surface area contributed by atoms with Crippen LogP contribution in [0.4, 0.5) is 4.79 Å². The molecule has 0 aromatic rings. The van der Waals surface area contributed by atoms with E-state index in [4.69, 9.17) is 5.11 Å². The van der Waals surface area contributed by atoms with Crippen LogP contribution in [0.15, 0.2) is 0 Å². The zero-order chi connectivity index (χ0) is 14.7. The van der Waals surface area contributed by atoms with Crippen LogP contribution in [-0.2, 0) is 9.59 Å². The van der Waals surface area contributed by atoms with Crippen molar-refractivity contribution in [2.75, 3.05) is 0 Å². The van der Waals surface area contributed by atoms with E-state index in [1.807, 2.05) is 6.92 Å². The Hall–Kier alpha value is -1.59.